The van der Waals surface area contributed by atoms with Crippen molar-refractivity contribution in [1.82, 2.24) is 9.88 Å². The third-order valence-electron chi connectivity index (χ3n) is 5.63. The van der Waals surface area contributed by atoms with Gasteiger partial charge in [0, 0.05) is 52.6 Å². The first-order chi connectivity index (χ1) is 15.3. The highest BCUT2D eigenvalue weighted by molar-refractivity contribution is 7.17. The van der Waals surface area contributed by atoms with Gasteiger partial charge < -0.3 is 14.2 Å². The number of methoxy groups -OCH3 is 2. The van der Waals surface area contributed by atoms with Crippen molar-refractivity contribution in [2.45, 2.75) is 13.1 Å². The van der Waals surface area contributed by atoms with E-state index >= 15 is 0 Å². The summed E-state index contributed by atoms with van der Waals surface area (Å²) in [5, 5.41) is 3.49. The molecule has 0 amide bonds. The van der Waals surface area contributed by atoms with Crippen LogP contribution >= 0.6 is 11.3 Å². The molecule has 6 heteroatoms. The second-order valence-electron chi connectivity index (χ2n) is 7.54. The lowest BCUT2D eigenvalue weighted by Crippen LogP contribution is -2.25. The summed E-state index contributed by atoms with van der Waals surface area (Å²) in [6.07, 6.45) is 1.76. The Morgan fingerprint density at radius 2 is 2.00 bits per heavy atom. The maximum absolute atomic E-state index is 6.14. The normalized spacial score (nSPS) is 14.0. The molecule has 1 aliphatic heterocycles. The summed E-state index contributed by atoms with van der Waals surface area (Å²) in [5.41, 5.74) is 4.58. The predicted octanol–water partition coefficient (Wildman–Crippen LogP) is 5.38. The van der Waals surface area contributed by atoms with Crippen molar-refractivity contribution in [3.63, 3.8) is 0 Å². The highest BCUT2D eigenvalue weighted by atomic mass is 32.1. The molecule has 0 bridgehead atoms. The average molecular weight is 433 g/mol. The van der Waals surface area contributed by atoms with Crippen LogP contribution in [0.25, 0.3) is 21.2 Å². The zero-order valence-corrected chi connectivity index (χ0v) is 18.4. The molecular formula is C25H24N2O3S. The van der Waals surface area contributed by atoms with Gasteiger partial charge in [-0.25, -0.2) is 4.98 Å². The van der Waals surface area contributed by atoms with E-state index in [0.29, 0.717) is 12.5 Å². The largest absolute Gasteiger partial charge is 0.493 e. The minimum absolute atomic E-state index is 0.604. The number of pyridine rings is 1. The van der Waals surface area contributed by atoms with Gasteiger partial charge >= 0.3 is 0 Å². The van der Waals surface area contributed by atoms with Crippen molar-refractivity contribution in [2.75, 3.05) is 27.4 Å². The molecular weight excluding hydrogens is 408 g/mol. The van der Waals surface area contributed by atoms with Gasteiger partial charge in [0.05, 0.1) is 14.2 Å². The summed E-state index contributed by atoms with van der Waals surface area (Å²) in [6.45, 7) is 2.92. The maximum Gasteiger partial charge on any atom is 0.217 e. The average Bonchev–Trinajstić information content (AvgIpc) is 3.13. The van der Waals surface area contributed by atoms with Gasteiger partial charge in [-0.05, 0) is 35.2 Å². The van der Waals surface area contributed by atoms with E-state index in [0.717, 1.165) is 47.8 Å². The van der Waals surface area contributed by atoms with Crippen molar-refractivity contribution in [3.05, 3.63) is 71.2 Å². The lowest BCUT2D eigenvalue weighted by Gasteiger charge is -2.20. The van der Waals surface area contributed by atoms with Crippen molar-refractivity contribution in [3.8, 4) is 28.5 Å². The van der Waals surface area contributed by atoms with E-state index in [1.54, 1.807) is 31.8 Å². The molecule has 0 atom stereocenters. The second-order valence-corrected chi connectivity index (χ2v) is 8.45. The standard InChI is InChI=1S/C25H24N2O3S/c1-28-22-13-18(21-16-31-23-8-4-3-7-20(21)23)12-19-15-27(10-11-30-24(19)22)14-17-6-5-9-26-25(17)29-2/h3-9,12-13,16H,10-11,14-15H2,1-2H3. The van der Waals surface area contributed by atoms with E-state index in [2.05, 4.69) is 57.7 Å². The third-order valence-corrected chi connectivity index (χ3v) is 6.59. The molecule has 0 saturated heterocycles. The topological polar surface area (TPSA) is 43.8 Å². The Labute approximate surface area is 185 Å². The van der Waals surface area contributed by atoms with E-state index in [1.807, 2.05) is 6.07 Å². The van der Waals surface area contributed by atoms with Crippen LogP contribution in [0.1, 0.15) is 11.1 Å². The van der Waals surface area contributed by atoms with Gasteiger partial charge in [0.2, 0.25) is 5.88 Å². The number of benzene rings is 2. The van der Waals surface area contributed by atoms with Crippen molar-refractivity contribution in [1.29, 1.82) is 0 Å². The highest BCUT2D eigenvalue weighted by Crippen LogP contribution is 2.41. The number of thiophene rings is 1. The molecule has 0 saturated carbocycles. The number of ether oxygens (including phenoxy) is 3. The highest BCUT2D eigenvalue weighted by Gasteiger charge is 2.22. The summed E-state index contributed by atoms with van der Waals surface area (Å²) < 4.78 is 18.6. The quantitative estimate of drug-likeness (QED) is 0.424. The molecule has 0 fully saturated rings. The van der Waals surface area contributed by atoms with Crippen LogP contribution in [0, 0.1) is 0 Å². The fraction of sp³-hybridized carbons (Fsp3) is 0.240. The lowest BCUT2D eigenvalue weighted by atomic mass is 10.0. The minimum Gasteiger partial charge on any atom is -0.493 e. The van der Waals surface area contributed by atoms with Gasteiger partial charge in [-0.1, -0.05) is 24.3 Å². The zero-order chi connectivity index (χ0) is 21.2. The number of nitrogens with zero attached hydrogens (tertiary/aromatic N) is 2. The first-order valence-corrected chi connectivity index (χ1v) is 11.2. The zero-order valence-electron chi connectivity index (χ0n) is 17.6. The van der Waals surface area contributed by atoms with Crippen LogP contribution in [0.5, 0.6) is 17.4 Å². The number of fused-ring (bicyclic) bond motifs is 2. The summed E-state index contributed by atoms with van der Waals surface area (Å²) in [6, 6.07) is 16.9. The molecule has 0 spiro atoms. The summed E-state index contributed by atoms with van der Waals surface area (Å²) in [4.78, 5) is 6.70. The van der Waals surface area contributed by atoms with Gasteiger partial charge in [0.15, 0.2) is 11.5 Å². The van der Waals surface area contributed by atoms with Gasteiger partial charge in [-0.2, -0.15) is 0 Å². The molecule has 2 aromatic heterocycles. The third kappa shape index (κ3) is 3.84. The lowest BCUT2D eigenvalue weighted by molar-refractivity contribution is 0.214. The van der Waals surface area contributed by atoms with E-state index in [9.17, 15) is 0 Å². The summed E-state index contributed by atoms with van der Waals surface area (Å²) in [7, 11) is 3.37. The van der Waals surface area contributed by atoms with E-state index in [1.165, 1.54) is 15.6 Å². The van der Waals surface area contributed by atoms with Crippen LogP contribution in [-0.2, 0) is 13.1 Å². The van der Waals surface area contributed by atoms with Crippen molar-refractivity contribution < 1.29 is 14.2 Å². The molecule has 2 aromatic carbocycles. The monoisotopic (exact) mass is 432 g/mol. The second kappa shape index (κ2) is 8.57. The fourth-order valence-electron chi connectivity index (χ4n) is 4.15. The van der Waals surface area contributed by atoms with E-state index < -0.39 is 0 Å². The Balaban J connectivity index is 1.52. The van der Waals surface area contributed by atoms with Crippen LogP contribution in [0.4, 0.5) is 0 Å². The molecule has 0 unspecified atom stereocenters. The number of hydrogen-bond acceptors (Lipinski definition) is 6. The van der Waals surface area contributed by atoms with E-state index in [4.69, 9.17) is 14.2 Å². The van der Waals surface area contributed by atoms with Crippen LogP contribution in [0.3, 0.4) is 0 Å². The molecule has 158 valence electrons. The summed E-state index contributed by atoms with van der Waals surface area (Å²) in [5.74, 6) is 2.29. The van der Waals surface area contributed by atoms with Crippen LogP contribution < -0.4 is 14.2 Å². The Morgan fingerprint density at radius 1 is 1.10 bits per heavy atom. The van der Waals surface area contributed by atoms with Crippen molar-refractivity contribution in [2.24, 2.45) is 0 Å². The number of rotatable bonds is 5. The molecule has 1 aliphatic rings. The molecule has 0 radical (unpaired) electrons. The van der Waals surface area contributed by atoms with E-state index in [-0.39, 0.29) is 0 Å². The number of aromatic nitrogens is 1. The Hall–Kier alpha value is -3.09. The SMILES string of the molecule is COc1cc(-c2csc3ccccc23)cc2c1OCCN(Cc1cccnc1OC)C2. The smallest absolute Gasteiger partial charge is 0.217 e. The maximum atomic E-state index is 6.14. The molecule has 5 nitrogen and oxygen atoms in total. The molecule has 5 rings (SSSR count). The molecule has 0 aliphatic carbocycles. The van der Waals surface area contributed by atoms with Gasteiger partial charge in [-0.15, -0.1) is 11.3 Å². The summed E-state index contributed by atoms with van der Waals surface area (Å²) >= 11 is 1.77. The molecule has 31 heavy (non-hydrogen) atoms. The first kappa shape index (κ1) is 19.8. The van der Waals surface area contributed by atoms with Crippen LogP contribution in [0.2, 0.25) is 0 Å². The molecule has 3 heterocycles. The first-order valence-electron chi connectivity index (χ1n) is 10.3. The van der Waals surface area contributed by atoms with Crippen LogP contribution in [-0.4, -0.2) is 37.3 Å². The molecule has 4 aromatic rings. The fourth-order valence-corrected chi connectivity index (χ4v) is 5.12. The number of hydrogen-bond donors (Lipinski definition) is 0. The Kier molecular flexibility index (Phi) is 5.49. The van der Waals surface area contributed by atoms with Gasteiger partial charge in [-0.3, -0.25) is 4.90 Å². The van der Waals surface area contributed by atoms with Crippen LogP contribution in [0.15, 0.2) is 60.1 Å². The Bertz CT molecular complexity index is 1220. The van der Waals surface area contributed by atoms with Crippen molar-refractivity contribution >= 4 is 21.4 Å². The van der Waals surface area contributed by atoms with Gasteiger partial charge in [0.25, 0.3) is 0 Å². The predicted molar refractivity (Wildman–Crippen MR) is 124 cm³/mol. The minimum atomic E-state index is 0.604. The Morgan fingerprint density at radius 3 is 2.87 bits per heavy atom. The molecule has 0 N–H and O–H groups in total. The van der Waals surface area contributed by atoms with Gasteiger partial charge in [0.1, 0.15) is 6.61 Å².